The zero-order valence-corrected chi connectivity index (χ0v) is 4.76. The summed E-state index contributed by atoms with van der Waals surface area (Å²) in [5.41, 5.74) is 0.194. The first-order chi connectivity index (χ1) is 3.91. The van der Waals surface area contributed by atoms with E-state index in [4.69, 9.17) is 4.84 Å². The van der Waals surface area contributed by atoms with E-state index in [-0.39, 0.29) is 5.60 Å². The summed E-state index contributed by atoms with van der Waals surface area (Å²) in [5, 5.41) is 3.73. The van der Waals surface area contributed by atoms with Crippen LogP contribution in [-0.4, -0.2) is 11.8 Å². The lowest BCUT2D eigenvalue weighted by Gasteiger charge is -2.34. The lowest BCUT2D eigenvalue weighted by Crippen LogP contribution is -2.35. The third-order valence-corrected chi connectivity index (χ3v) is 2.05. The highest BCUT2D eigenvalue weighted by atomic mass is 16.7. The molecule has 0 radical (unpaired) electrons. The molecule has 44 valence electrons. The van der Waals surface area contributed by atoms with Gasteiger partial charge in [0.1, 0.15) is 5.60 Å². The lowest BCUT2D eigenvalue weighted by molar-refractivity contribution is -0.0755. The average Bonchev–Trinajstić information content (AvgIpc) is 2.07. The van der Waals surface area contributed by atoms with E-state index in [0.717, 1.165) is 6.42 Å². The Labute approximate surface area is 48.5 Å². The number of hydrogen-bond donors (Lipinski definition) is 0. The van der Waals surface area contributed by atoms with Crippen LogP contribution in [0.1, 0.15) is 25.7 Å². The van der Waals surface area contributed by atoms with Gasteiger partial charge in [-0.25, -0.2) is 0 Å². The molecule has 1 heterocycles. The molecule has 0 aromatic carbocycles. The Balaban J connectivity index is 2.06. The summed E-state index contributed by atoms with van der Waals surface area (Å²) in [7, 11) is 0. The zero-order valence-electron chi connectivity index (χ0n) is 4.76. The van der Waals surface area contributed by atoms with Crippen LogP contribution in [0.3, 0.4) is 0 Å². The molecular weight excluding hydrogens is 102 g/mol. The Bertz CT molecular complexity index is 116. The summed E-state index contributed by atoms with van der Waals surface area (Å²) in [4.78, 5) is 5.15. The van der Waals surface area contributed by atoms with Crippen LogP contribution in [0.4, 0.5) is 0 Å². The molecule has 8 heavy (non-hydrogen) atoms. The van der Waals surface area contributed by atoms with Crippen LogP contribution in [0.2, 0.25) is 0 Å². The van der Waals surface area contributed by atoms with Crippen molar-refractivity contribution in [1.82, 2.24) is 0 Å². The number of rotatable bonds is 0. The topological polar surface area (TPSA) is 21.6 Å². The van der Waals surface area contributed by atoms with Gasteiger partial charge in [0.15, 0.2) is 0 Å². The number of nitrogens with zero attached hydrogens (tertiary/aromatic N) is 1. The summed E-state index contributed by atoms with van der Waals surface area (Å²) in [6.07, 6.45) is 6.68. The van der Waals surface area contributed by atoms with Crippen LogP contribution in [0.15, 0.2) is 5.16 Å². The SMILES string of the molecule is C1=NOC2(C1)CCC2. The van der Waals surface area contributed by atoms with Gasteiger partial charge in [-0.05, 0) is 19.3 Å². The van der Waals surface area contributed by atoms with Crippen LogP contribution in [0.25, 0.3) is 0 Å². The van der Waals surface area contributed by atoms with Crippen molar-refractivity contribution in [3.8, 4) is 0 Å². The van der Waals surface area contributed by atoms with Gasteiger partial charge < -0.3 is 4.84 Å². The molecule has 0 aromatic rings. The number of oxime groups is 1. The van der Waals surface area contributed by atoms with Crippen molar-refractivity contribution in [1.29, 1.82) is 0 Å². The molecule has 0 unspecified atom stereocenters. The molecule has 1 spiro atoms. The fourth-order valence-corrected chi connectivity index (χ4v) is 1.26. The summed E-state index contributed by atoms with van der Waals surface area (Å²) in [6, 6.07) is 0. The Morgan fingerprint density at radius 2 is 2.38 bits per heavy atom. The second-order valence-electron chi connectivity index (χ2n) is 2.62. The highest BCUT2D eigenvalue weighted by Gasteiger charge is 2.41. The molecular formula is C6H9NO. The van der Waals surface area contributed by atoms with E-state index < -0.39 is 0 Å². The van der Waals surface area contributed by atoms with Crippen molar-refractivity contribution in [3.05, 3.63) is 0 Å². The summed E-state index contributed by atoms with van der Waals surface area (Å²) in [5.74, 6) is 0. The highest BCUT2D eigenvalue weighted by molar-refractivity contribution is 5.60. The predicted octanol–water partition coefficient (Wildman–Crippen LogP) is 1.32. The Morgan fingerprint density at radius 1 is 1.50 bits per heavy atom. The van der Waals surface area contributed by atoms with Crippen LogP contribution >= 0.6 is 0 Å². The predicted molar refractivity (Wildman–Crippen MR) is 30.8 cm³/mol. The fourth-order valence-electron chi connectivity index (χ4n) is 1.26. The maximum absolute atomic E-state index is 5.15. The second-order valence-corrected chi connectivity index (χ2v) is 2.62. The maximum Gasteiger partial charge on any atom is 0.142 e. The van der Waals surface area contributed by atoms with Crippen molar-refractivity contribution in [2.45, 2.75) is 31.3 Å². The van der Waals surface area contributed by atoms with E-state index in [9.17, 15) is 0 Å². The van der Waals surface area contributed by atoms with Crippen molar-refractivity contribution < 1.29 is 4.84 Å². The van der Waals surface area contributed by atoms with Gasteiger partial charge >= 0.3 is 0 Å². The summed E-state index contributed by atoms with van der Waals surface area (Å²) < 4.78 is 0. The van der Waals surface area contributed by atoms with Gasteiger partial charge in [0, 0.05) is 12.6 Å². The summed E-state index contributed by atoms with van der Waals surface area (Å²) >= 11 is 0. The molecule has 2 heteroatoms. The molecule has 2 aliphatic rings. The molecule has 0 aromatic heterocycles. The van der Waals surface area contributed by atoms with Gasteiger partial charge in [-0.3, -0.25) is 0 Å². The zero-order chi connectivity index (χ0) is 5.45. The monoisotopic (exact) mass is 111 g/mol. The van der Waals surface area contributed by atoms with Crippen LogP contribution < -0.4 is 0 Å². The fraction of sp³-hybridized carbons (Fsp3) is 0.833. The average molecular weight is 111 g/mol. The molecule has 0 atom stereocenters. The van der Waals surface area contributed by atoms with Gasteiger partial charge in [-0.2, -0.15) is 0 Å². The summed E-state index contributed by atoms with van der Waals surface area (Å²) in [6.45, 7) is 0. The van der Waals surface area contributed by atoms with Gasteiger partial charge in [-0.15, -0.1) is 0 Å². The first-order valence-electron chi connectivity index (χ1n) is 3.11. The second kappa shape index (κ2) is 1.24. The van der Waals surface area contributed by atoms with Gasteiger partial charge in [0.05, 0.1) is 0 Å². The van der Waals surface area contributed by atoms with E-state index in [0.29, 0.717) is 0 Å². The van der Waals surface area contributed by atoms with Crippen LogP contribution in [0.5, 0.6) is 0 Å². The minimum absolute atomic E-state index is 0.194. The first kappa shape index (κ1) is 4.36. The van der Waals surface area contributed by atoms with E-state index >= 15 is 0 Å². The van der Waals surface area contributed by atoms with Crippen molar-refractivity contribution >= 4 is 6.21 Å². The third kappa shape index (κ3) is 0.403. The van der Waals surface area contributed by atoms with Crippen LogP contribution in [0, 0.1) is 0 Å². The Hall–Kier alpha value is -0.530. The number of hydrogen-bond acceptors (Lipinski definition) is 2. The molecule has 0 bridgehead atoms. The Kier molecular flexibility index (Phi) is 0.678. The third-order valence-electron chi connectivity index (χ3n) is 2.05. The highest BCUT2D eigenvalue weighted by Crippen LogP contribution is 2.40. The van der Waals surface area contributed by atoms with Gasteiger partial charge in [0.2, 0.25) is 0 Å². The molecule has 1 fully saturated rings. The molecule has 2 rings (SSSR count). The minimum Gasteiger partial charge on any atom is -0.389 e. The molecule has 0 saturated heterocycles. The van der Waals surface area contributed by atoms with E-state index in [2.05, 4.69) is 5.16 Å². The lowest BCUT2D eigenvalue weighted by atomic mass is 9.78. The van der Waals surface area contributed by atoms with Crippen molar-refractivity contribution in [2.24, 2.45) is 5.16 Å². The molecule has 0 amide bonds. The van der Waals surface area contributed by atoms with Gasteiger partial charge in [0.25, 0.3) is 0 Å². The first-order valence-corrected chi connectivity index (χ1v) is 3.11. The molecule has 0 N–H and O–H groups in total. The maximum atomic E-state index is 5.15. The molecule has 1 aliphatic heterocycles. The Morgan fingerprint density at radius 3 is 2.62 bits per heavy atom. The van der Waals surface area contributed by atoms with E-state index in [1.54, 1.807) is 0 Å². The van der Waals surface area contributed by atoms with E-state index in [1.807, 2.05) is 6.21 Å². The smallest absolute Gasteiger partial charge is 0.142 e. The van der Waals surface area contributed by atoms with Gasteiger partial charge in [-0.1, -0.05) is 5.16 Å². The molecule has 1 aliphatic carbocycles. The van der Waals surface area contributed by atoms with Crippen molar-refractivity contribution in [2.75, 3.05) is 0 Å². The quantitative estimate of drug-likeness (QED) is 0.462. The normalized spacial score (nSPS) is 30.0. The molecule has 1 saturated carbocycles. The van der Waals surface area contributed by atoms with E-state index in [1.165, 1.54) is 19.3 Å². The standard InChI is InChI=1S/C6H9NO/c1-2-6(3-1)4-5-7-8-6/h5H,1-4H2. The van der Waals surface area contributed by atoms with Crippen molar-refractivity contribution in [3.63, 3.8) is 0 Å². The van der Waals surface area contributed by atoms with Crippen LogP contribution in [-0.2, 0) is 4.84 Å². The minimum atomic E-state index is 0.194. The largest absolute Gasteiger partial charge is 0.389 e. The molecule has 2 nitrogen and oxygen atoms in total.